The summed E-state index contributed by atoms with van der Waals surface area (Å²) in [5.74, 6) is -3.04. The smallest absolute Gasteiger partial charge is 0.258 e. The molecule has 2 aromatic carbocycles. The molecular formula is C17H16F2N2O3. The van der Waals surface area contributed by atoms with Gasteiger partial charge in [0.05, 0.1) is 11.4 Å². The molecule has 0 aliphatic heterocycles. The molecule has 7 heteroatoms. The zero-order valence-electron chi connectivity index (χ0n) is 13.1. The van der Waals surface area contributed by atoms with Gasteiger partial charge in [-0.05, 0) is 11.6 Å². The van der Waals surface area contributed by atoms with Crippen molar-refractivity contribution in [2.24, 2.45) is 0 Å². The molecule has 24 heavy (non-hydrogen) atoms. The molecule has 0 aromatic heterocycles. The fourth-order valence-corrected chi connectivity index (χ4v) is 2.15. The van der Waals surface area contributed by atoms with Crippen molar-refractivity contribution in [3.63, 3.8) is 0 Å². The van der Waals surface area contributed by atoms with Gasteiger partial charge in [0.2, 0.25) is 5.91 Å². The van der Waals surface area contributed by atoms with Crippen LogP contribution in [0.3, 0.4) is 0 Å². The second-order valence-electron chi connectivity index (χ2n) is 5.01. The minimum atomic E-state index is -0.960. The maximum atomic E-state index is 13.9. The quantitative estimate of drug-likeness (QED) is 0.882. The Kier molecular flexibility index (Phi) is 5.59. The lowest BCUT2D eigenvalue weighted by Gasteiger charge is -2.16. The van der Waals surface area contributed by atoms with Crippen LogP contribution < -0.4 is 10.6 Å². The van der Waals surface area contributed by atoms with Gasteiger partial charge in [-0.25, -0.2) is 8.78 Å². The molecule has 0 saturated heterocycles. The van der Waals surface area contributed by atoms with Crippen LogP contribution in [0.2, 0.25) is 0 Å². The summed E-state index contributed by atoms with van der Waals surface area (Å²) in [6.45, 7) is 1.19. The number of ether oxygens (including phenoxy) is 1. The fraction of sp³-hybridized carbons (Fsp3) is 0.176. The molecule has 0 saturated carbocycles. The van der Waals surface area contributed by atoms with Crippen molar-refractivity contribution in [3.8, 4) is 0 Å². The van der Waals surface area contributed by atoms with E-state index in [0.717, 1.165) is 6.07 Å². The fourth-order valence-electron chi connectivity index (χ4n) is 2.15. The topological polar surface area (TPSA) is 67.4 Å². The Morgan fingerprint density at radius 2 is 1.58 bits per heavy atom. The minimum absolute atomic E-state index is 0.229. The van der Waals surface area contributed by atoms with E-state index in [1.165, 1.54) is 14.0 Å². The highest BCUT2D eigenvalue weighted by Gasteiger charge is 2.22. The molecule has 0 aliphatic carbocycles. The number of nitrogens with one attached hydrogen (secondary N) is 2. The summed E-state index contributed by atoms with van der Waals surface area (Å²) in [6, 6.07) is 10.2. The van der Waals surface area contributed by atoms with Crippen molar-refractivity contribution in [2.75, 3.05) is 17.7 Å². The van der Waals surface area contributed by atoms with E-state index < -0.39 is 29.6 Å². The van der Waals surface area contributed by atoms with Crippen molar-refractivity contribution in [3.05, 3.63) is 59.7 Å². The Balaban J connectivity index is 2.26. The number of hydrogen-bond acceptors (Lipinski definition) is 3. The highest BCUT2D eigenvalue weighted by Crippen LogP contribution is 2.25. The summed E-state index contributed by atoms with van der Waals surface area (Å²) >= 11 is 0. The number of carbonyl (C=O) groups excluding carboxylic acids is 2. The van der Waals surface area contributed by atoms with Gasteiger partial charge >= 0.3 is 0 Å². The molecule has 0 fully saturated rings. The van der Waals surface area contributed by atoms with Gasteiger partial charge in [0.15, 0.2) is 6.10 Å². The Labute approximate surface area is 137 Å². The van der Waals surface area contributed by atoms with E-state index >= 15 is 0 Å². The van der Waals surface area contributed by atoms with Crippen LogP contribution in [-0.4, -0.2) is 18.9 Å². The molecule has 2 rings (SSSR count). The molecule has 1 unspecified atom stereocenters. The van der Waals surface area contributed by atoms with Crippen LogP contribution >= 0.6 is 0 Å². The summed E-state index contributed by atoms with van der Waals surface area (Å²) in [5.41, 5.74) is 0.0955. The Hall–Kier alpha value is -2.80. The molecule has 0 bridgehead atoms. The SMILES string of the molecule is COC(C(=O)Nc1cc(NC(C)=O)c(F)cc1F)c1ccccc1. The highest BCUT2D eigenvalue weighted by molar-refractivity contribution is 5.96. The van der Waals surface area contributed by atoms with Gasteiger partial charge < -0.3 is 15.4 Å². The lowest BCUT2D eigenvalue weighted by Crippen LogP contribution is -2.23. The number of halogens is 2. The molecule has 5 nitrogen and oxygen atoms in total. The summed E-state index contributed by atoms with van der Waals surface area (Å²) in [5, 5.41) is 4.57. The normalized spacial score (nSPS) is 11.7. The third-order valence-electron chi connectivity index (χ3n) is 3.20. The Morgan fingerprint density at radius 3 is 2.12 bits per heavy atom. The average molecular weight is 334 g/mol. The van der Waals surface area contributed by atoms with E-state index in [9.17, 15) is 18.4 Å². The van der Waals surface area contributed by atoms with Gasteiger partial charge in [0.1, 0.15) is 11.6 Å². The molecule has 0 heterocycles. The third-order valence-corrected chi connectivity index (χ3v) is 3.20. The van der Waals surface area contributed by atoms with Crippen molar-refractivity contribution in [2.45, 2.75) is 13.0 Å². The van der Waals surface area contributed by atoms with Crippen molar-refractivity contribution in [1.82, 2.24) is 0 Å². The van der Waals surface area contributed by atoms with Gasteiger partial charge in [0, 0.05) is 20.1 Å². The van der Waals surface area contributed by atoms with E-state index in [-0.39, 0.29) is 11.4 Å². The summed E-state index contributed by atoms with van der Waals surface area (Å²) in [7, 11) is 1.35. The van der Waals surface area contributed by atoms with E-state index in [1.807, 2.05) is 0 Å². The van der Waals surface area contributed by atoms with Crippen molar-refractivity contribution >= 4 is 23.2 Å². The molecule has 2 amide bonds. The molecule has 1 atom stereocenters. The second kappa shape index (κ2) is 7.65. The van der Waals surface area contributed by atoms with Crippen LogP contribution in [0.5, 0.6) is 0 Å². The van der Waals surface area contributed by atoms with Crippen LogP contribution in [0, 0.1) is 11.6 Å². The third kappa shape index (κ3) is 4.14. The van der Waals surface area contributed by atoms with Gasteiger partial charge in [-0.3, -0.25) is 9.59 Å². The largest absolute Gasteiger partial charge is 0.367 e. The van der Waals surface area contributed by atoms with Crippen molar-refractivity contribution in [1.29, 1.82) is 0 Å². The monoisotopic (exact) mass is 334 g/mol. The summed E-state index contributed by atoms with van der Waals surface area (Å²) in [4.78, 5) is 23.4. The number of rotatable bonds is 5. The first-order valence-electron chi connectivity index (χ1n) is 7.07. The van der Waals surface area contributed by atoms with Gasteiger partial charge in [-0.1, -0.05) is 30.3 Å². The number of carbonyl (C=O) groups is 2. The number of anilines is 2. The minimum Gasteiger partial charge on any atom is -0.367 e. The first-order chi connectivity index (χ1) is 11.4. The highest BCUT2D eigenvalue weighted by atomic mass is 19.1. The zero-order chi connectivity index (χ0) is 17.7. The lowest BCUT2D eigenvalue weighted by molar-refractivity contribution is -0.126. The van der Waals surface area contributed by atoms with Gasteiger partial charge in [0.25, 0.3) is 5.91 Å². The molecular weight excluding hydrogens is 318 g/mol. The van der Waals surface area contributed by atoms with Crippen molar-refractivity contribution < 1.29 is 23.1 Å². The van der Waals surface area contributed by atoms with E-state index in [0.29, 0.717) is 11.6 Å². The summed E-state index contributed by atoms with van der Waals surface area (Å²) in [6.07, 6.45) is -0.958. The second-order valence-corrected chi connectivity index (χ2v) is 5.01. The van der Waals surface area contributed by atoms with Gasteiger partial charge in [-0.15, -0.1) is 0 Å². The summed E-state index contributed by atoms with van der Waals surface area (Å²) < 4.78 is 32.7. The zero-order valence-corrected chi connectivity index (χ0v) is 13.1. The van der Waals surface area contributed by atoms with Gasteiger partial charge in [-0.2, -0.15) is 0 Å². The molecule has 0 spiro atoms. The van der Waals surface area contributed by atoms with Crippen LogP contribution in [0.25, 0.3) is 0 Å². The Morgan fingerprint density at radius 1 is 1.00 bits per heavy atom. The number of benzene rings is 2. The first kappa shape index (κ1) is 17.6. The first-order valence-corrected chi connectivity index (χ1v) is 7.07. The molecule has 2 N–H and O–H groups in total. The molecule has 0 radical (unpaired) electrons. The maximum absolute atomic E-state index is 13.9. The van der Waals surface area contributed by atoms with Crippen LogP contribution in [-0.2, 0) is 14.3 Å². The Bertz CT molecular complexity index is 751. The predicted molar refractivity (Wildman–Crippen MR) is 85.5 cm³/mol. The van der Waals surface area contributed by atoms with Crippen LogP contribution in [0.1, 0.15) is 18.6 Å². The van der Waals surface area contributed by atoms with E-state index in [1.54, 1.807) is 30.3 Å². The number of hydrogen-bond donors (Lipinski definition) is 2. The standard InChI is InChI=1S/C17H16F2N2O3/c1-10(22)20-14-9-15(13(19)8-12(14)18)21-17(23)16(24-2)11-6-4-3-5-7-11/h3-9,16H,1-2H3,(H,20,22)(H,21,23). The van der Waals surface area contributed by atoms with Crippen LogP contribution in [0.4, 0.5) is 20.2 Å². The molecule has 126 valence electrons. The molecule has 2 aromatic rings. The lowest BCUT2D eigenvalue weighted by atomic mass is 10.1. The number of methoxy groups -OCH3 is 1. The van der Waals surface area contributed by atoms with E-state index in [2.05, 4.69) is 10.6 Å². The van der Waals surface area contributed by atoms with Crippen LogP contribution in [0.15, 0.2) is 42.5 Å². The molecule has 0 aliphatic rings. The average Bonchev–Trinajstić information content (AvgIpc) is 2.53. The maximum Gasteiger partial charge on any atom is 0.258 e. The number of amides is 2. The predicted octanol–water partition coefficient (Wildman–Crippen LogP) is 3.25. The van der Waals surface area contributed by atoms with E-state index in [4.69, 9.17) is 4.74 Å².